The molecule has 0 radical (unpaired) electrons. The summed E-state index contributed by atoms with van der Waals surface area (Å²) >= 11 is 5.97. The molecule has 0 saturated carbocycles. The van der Waals surface area contributed by atoms with Crippen LogP contribution in [0, 0.1) is 5.82 Å². The molecule has 2 heterocycles. The van der Waals surface area contributed by atoms with E-state index in [1.54, 1.807) is 24.4 Å². The lowest BCUT2D eigenvalue weighted by atomic mass is 10.1. The second kappa shape index (κ2) is 8.01. The molecule has 0 atom stereocenters. The highest BCUT2D eigenvalue weighted by molar-refractivity contribution is 6.30. The van der Waals surface area contributed by atoms with Gasteiger partial charge < -0.3 is 10.0 Å². The van der Waals surface area contributed by atoms with Gasteiger partial charge in [-0.15, -0.1) is 0 Å². The maximum Gasteiger partial charge on any atom is 0.407 e. The van der Waals surface area contributed by atoms with Gasteiger partial charge in [0.15, 0.2) is 5.82 Å². The number of halogens is 2. The molecule has 0 bridgehead atoms. The number of carbonyl (C=O) groups is 1. The molecule has 7 heteroatoms. The van der Waals surface area contributed by atoms with E-state index in [-0.39, 0.29) is 6.54 Å². The molecule has 1 aliphatic heterocycles. The van der Waals surface area contributed by atoms with Crippen molar-refractivity contribution in [2.24, 2.45) is 0 Å². The SMILES string of the molecule is O=C(O)N1CCc2nc(-c3ccc(C=Cc4cccc(Cl)c4)cc3F)ncc2C1. The van der Waals surface area contributed by atoms with Crippen molar-refractivity contribution in [3.05, 3.63) is 81.9 Å². The standard InChI is InChI=1S/C22H17ClFN3O2/c23-17-3-1-2-14(10-17)4-5-15-6-7-18(19(24)11-15)21-25-12-16-13-27(22(28)29)9-8-20(16)26-21/h1-7,10-12H,8-9,13H2,(H,28,29). The van der Waals surface area contributed by atoms with Crippen molar-refractivity contribution in [3.63, 3.8) is 0 Å². The highest BCUT2D eigenvalue weighted by Gasteiger charge is 2.22. The van der Waals surface area contributed by atoms with E-state index in [0.717, 1.165) is 16.8 Å². The van der Waals surface area contributed by atoms with Crippen LogP contribution in [0.15, 0.2) is 48.7 Å². The number of nitrogens with zero attached hydrogens (tertiary/aromatic N) is 3. The zero-order chi connectivity index (χ0) is 20.4. The van der Waals surface area contributed by atoms with Gasteiger partial charge in [0.05, 0.1) is 17.8 Å². The van der Waals surface area contributed by atoms with E-state index in [1.807, 2.05) is 30.4 Å². The quantitative estimate of drug-likeness (QED) is 0.608. The van der Waals surface area contributed by atoms with Gasteiger partial charge in [-0.1, -0.05) is 42.0 Å². The van der Waals surface area contributed by atoms with Gasteiger partial charge in [-0.05, 0) is 35.4 Å². The Hall–Kier alpha value is -3.25. The number of rotatable bonds is 3. The Morgan fingerprint density at radius 2 is 1.97 bits per heavy atom. The van der Waals surface area contributed by atoms with Crippen molar-refractivity contribution >= 4 is 29.8 Å². The summed E-state index contributed by atoms with van der Waals surface area (Å²) in [6.07, 6.45) is 4.78. The topological polar surface area (TPSA) is 66.3 Å². The molecule has 1 amide bonds. The van der Waals surface area contributed by atoms with Gasteiger partial charge in [-0.2, -0.15) is 0 Å². The van der Waals surface area contributed by atoms with Crippen LogP contribution in [0.25, 0.3) is 23.5 Å². The molecule has 0 fully saturated rings. The van der Waals surface area contributed by atoms with Gasteiger partial charge in [-0.3, -0.25) is 0 Å². The predicted octanol–water partition coefficient (Wildman–Crippen LogP) is 5.14. The lowest BCUT2D eigenvalue weighted by Gasteiger charge is -2.25. The zero-order valence-corrected chi connectivity index (χ0v) is 16.1. The number of fused-ring (bicyclic) bond motifs is 1. The lowest BCUT2D eigenvalue weighted by Crippen LogP contribution is -2.35. The fourth-order valence-corrected chi connectivity index (χ4v) is 3.43. The Labute approximate surface area is 172 Å². The summed E-state index contributed by atoms with van der Waals surface area (Å²) in [7, 11) is 0. The normalized spacial score (nSPS) is 13.5. The molecular weight excluding hydrogens is 393 g/mol. The van der Waals surface area contributed by atoms with E-state index in [9.17, 15) is 9.18 Å². The fourth-order valence-electron chi connectivity index (χ4n) is 3.23. The number of amides is 1. The highest BCUT2D eigenvalue weighted by Crippen LogP contribution is 2.24. The third-order valence-electron chi connectivity index (χ3n) is 4.76. The zero-order valence-electron chi connectivity index (χ0n) is 15.3. The summed E-state index contributed by atoms with van der Waals surface area (Å²) in [5, 5.41) is 9.76. The average Bonchev–Trinajstić information content (AvgIpc) is 2.71. The number of hydrogen-bond donors (Lipinski definition) is 1. The summed E-state index contributed by atoms with van der Waals surface area (Å²) < 4.78 is 14.7. The minimum Gasteiger partial charge on any atom is -0.465 e. The first-order chi connectivity index (χ1) is 14.0. The second-order valence-electron chi connectivity index (χ2n) is 6.75. The van der Waals surface area contributed by atoms with Crippen LogP contribution in [0.1, 0.15) is 22.4 Å². The molecule has 0 unspecified atom stereocenters. The minimum atomic E-state index is -0.966. The summed E-state index contributed by atoms with van der Waals surface area (Å²) in [4.78, 5) is 21.1. The Bertz CT molecular complexity index is 1120. The number of hydrogen-bond acceptors (Lipinski definition) is 3. The molecule has 29 heavy (non-hydrogen) atoms. The summed E-state index contributed by atoms with van der Waals surface area (Å²) in [6.45, 7) is 0.620. The van der Waals surface area contributed by atoms with Crippen molar-refractivity contribution in [1.29, 1.82) is 0 Å². The third-order valence-corrected chi connectivity index (χ3v) is 4.99. The molecule has 0 saturated heterocycles. The lowest BCUT2D eigenvalue weighted by molar-refractivity contribution is 0.139. The molecule has 1 aromatic heterocycles. The van der Waals surface area contributed by atoms with Gasteiger partial charge in [0.1, 0.15) is 5.82 Å². The average molecular weight is 410 g/mol. The number of carboxylic acid groups (broad SMARTS) is 1. The second-order valence-corrected chi connectivity index (χ2v) is 7.18. The Morgan fingerprint density at radius 1 is 1.17 bits per heavy atom. The van der Waals surface area contributed by atoms with Crippen LogP contribution in [0.2, 0.25) is 5.02 Å². The van der Waals surface area contributed by atoms with Gasteiger partial charge in [-0.25, -0.2) is 19.2 Å². The van der Waals surface area contributed by atoms with Crippen LogP contribution in [0.5, 0.6) is 0 Å². The highest BCUT2D eigenvalue weighted by atomic mass is 35.5. The largest absolute Gasteiger partial charge is 0.465 e. The third kappa shape index (κ3) is 4.27. The molecule has 5 nitrogen and oxygen atoms in total. The summed E-state index contributed by atoms with van der Waals surface area (Å²) in [5.74, 6) is -0.114. The molecule has 1 aliphatic rings. The van der Waals surface area contributed by atoms with Crippen molar-refractivity contribution in [1.82, 2.24) is 14.9 Å². The van der Waals surface area contributed by atoms with Crippen molar-refractivity contribution < 1.29 is 14.3 Å². The molecule has 146 valence electrons. The van der Waals surface area contributed by atoms with E-state index in [4.69, 9.17) is 16.7 Å². The van der Waals surface area contributed by atoms with E-state index < -0.39 is 11.9 Å². The van der Waals surface area contributed by atoms with E-state index in [1.165, 1.54) is 11.0 Å². The van der Waals surface area contributed by atoms with Crippen molar-refractivity contribution in [3.8, 4) is 11.4 Å². The fraction of sp³-hybridized carbons (Fsp3) is 0.136. The number of aromatic nitrogens is 2. The molecule has 1 N–H and O–H groups in total. The van der Waals surface area contributed by atoms with E-state index >= 15 is 0 Å². The summed E-state index contributed by atoms with van der Waals surface area (Å²) in [5.41, 5.74) is 3.46. The first kappa shape index (κ1) is 19.1. The van der Waals surface area contributed by atoms with Crippen molar-refractivity contribution in [2.45, 2.75) is 13.0 Å². The van der Waals surface area contributed by atoms with Crippen LogP contribution in [0.4, 0.5) is 9.18 Å². The maximum absolute atomic E-state index is 14.7. The van der Waals surface area contributed by atoms with Gasteiger partial charge >= 0.3 is 6.09 Å². The monoisotopic (exact) mass is 409 g/mol. The Morgan fingerprint density at radius 3 is 2.69 bits per heavy atom. The Balaban J connectivity index is 1.56. The molecule has 0 spiro atoms. The van der Waals surface area contributed by atoms with Gasteiger partial charge in [0, 0.05) is 29.7 Å². The minimum absolute atomic E-state index is 0.251. The first-order valence-electron chi connectivity index (χ1n) is 9.06. The van der Waals surface area contributed by atoms with E-state index in [0.29, 0.717) is 34.9 Å². The van der Waals surface area contributed by atoms with Crippen LogP contribution < -0.4 is 0 Å². The summed E-state index contributed by atoms with van der Waals surface area (Å²) in [6, 6.07) is 12.3. The smallest absolute Gasteiger partial charge is 0.407 e. The van der Waals surface area contributed by atoms with Crippen molar-refractivity contribution in [2.75, 3.05) is 6.54 Å². The molecule has 0 aliphatic carbocycles. The van der Waals surface area contributed by atoms with Crippen LogP contribution in [-0.2, 0) is 13.0 Å². The molecular formula is C22H17ClFN3O2. The first-order valence-corrected chi connectivity index (χ1v) is 9.43. The van der Waals surface area contributed by atoms with Gasteiger partial charge in [0.2, 0.25) is 0 Å². The van der Waals surface area contributed by atoms with Crippen LogP contribution >= 0.6 is 11.6 Å². The van der Waals surface area contributed by atoms with E-state index in [2.05, 4.69) is 9.97 Å². The maximum atomic E-state index is 14.7. The van der Waals surface area contributed by atoms with Crippen LogP contribution in [0.3, 0.4) is 0 Å². The number of benzene rings is 2. The molecule has 2 aromatic carbocycles. The molecule has 4 rings (SSSR count). The Kier molecular flexibility index (Phi) is 5.27. The molecule has 3 aromatic rings. The predicted molar refractivity (Wildman–Crippen MR) is 110 cm³/mol. The van der Waals surface area contributed by atoms with Crippen LogP contribution in [-0.4, -0.2) is 32.6 Å². The van der Waals surface area contributed by atoms with Gasteiger partial charge in [0.25, 0.3) is 0 Å².